The van der Waals surface area contributed by atoms with E-state index in [9.17, 15) is 0 Å². The monoisotopic (exact) mass is 595 g/mol. The minimum Gasteiger partial charge on any atom is -0.283 e. The first-order chi connectivity index (χ1) is 22.6. The highest BCUT2D eigenvalue weighted by Crippen LogP contribution is 2.34. The van der Waals surface area contributed by atoms with Crippen LogP contribution in [0.5, 0.6) is 0 Å². The molecule has 0 bridgehead atoms. The second kappa shape index (κ2) is 11.8. The fourth-order valence-corrected chi connectivity index (χ4v) is 6.48. The summed E-state index contributed by atoms with van der Waals surface area (Å²) in [6, 6.07) is 30.0. The van der Waals surface area contributed by atoms with Crippen molar-refractivity contribution in [2.45, 2.75) is 39.2 Å². The number of aromatic nitrogens is 4. The number of nitrogens with zero attached hydrogens (tertiary/aromatic N) is 5. The molecule has 1 atom stereocenters. The molecule has 46 heavy (non-hydrogen) atoms. The lowest BCUT2D eigenvalue weighted by Gasteiger charge is -2.17. The Hall–Kier alpha value is -5.55. The van der Waals surface area contributed by atoms with E-state index in [0.717, 1.165) is 91.9 Å². The Bertz CT molecular complexity index is 2270. The Balaban J connectivity index is 1.19. The number of hydrogen-bond acceptors (Lipinski definition) is 5. The summed E-state index contributed by atoms with van der Waals surface area (Å²) < 4.78 is 0. The molecule has 1 unspecified atom stereocenters. The molecule has 4 heterocycles. The molecule has 6 aromatic rings. The van der Waals surface area contributed by atoms with Crippen LogP contribution < -0.4 is 0 Å². The Kier molecular flexibility index (Phi) is 7.14. The maximum atomic E-state index is 5.16. The quantitative estimate of drug-likeness (QED) is 0.186. The standard InChI is InChI=1S/C41H33N5/c1-26-22-27(2)43-40-34(26)19-17-28-18-20-35(44-39(28)40)32-14-8-12-30(23-32)31-13-9-15-33(24-31)37-25-38(36-16-6-7-21-42-36)46-41(45-37)29-10-4-3-5-11-29/h3-4,6-10,12-15,17-25,36H,5,11,16H2,1-2H3. The second-order valence-electron chi connectivity index (χ2n) is 12.1. The van der Waals surface area contributed by atoms with Crippen LogP contribution in [0.3, 0.4) is 0 Å². The summed E-state index contributed by atoms with van der Waals surface area (Å²) in [5, 5.41) is 2.24. The van der Waals surface area contributed by atoms with Gasteiger partial charge >= 0.3 is 0 Å². The molecular formula is C41H33N5. The largest absolute Gasteiger partial charge is 0.283 e. The summed E-state index contributed by atoms with van der Waals surface area (Å²) in [6.45, 7) is 4.18. The van der Waals surface area contributed by atoms with Crippen molar-refractivity contribution in [3.63, 3.8) is 0 Å². The van der Waals surface area contributed by atoms with E-state index < -0.39 is 0 Å². The summed E-state index contributed by atoms with van der Waals surface area (Å²) in [7, 11) is 0. The van der Waals surface area contributed by atoms with Crippen molar-refractivity contribution >= 4 is 33.6 Å². The maximum Gasteiger partial charge on any atom is 0.156 e. The van der Waals surface area contributed by atoms with Crippen LogP contribution in [0.25, 0.3) is 61.0 Å². The molecule has 5 nitrogen and oxygen atoms in total. The molecule has 0 spiro atoms. The highest BCUT2D eigenvalue weighted by atomic mass is 14.9. The highest BCUT2D eigenvalue weighted by molar-refractivity contribution is 6.04. The number of pyridine rings is 2. The first kappa shape index (κ1) is 28.0. The van der Waals surface area contributed by atoms with Gasteiger partial charge in [-0.05, 0) is 91.8 Å². The van der Waals surface area contributed by atoms with Gasteiger partial charge in [-0.15, -0.1) is 0 Å². The zero-order valence-electron chi connectivity index (χ0n) is 26.0. The molecule has 3 aromatic carbocycles. The SMILES string of the molecule is Cc1cc(C)c2ccc3ccc(-c4cccc(-c5cccc(-c6cc(C7CC=CC=N7)nc(C7=CC=CCC7)n6)c5)c4)nc3c2n1. The number of dihydropyridines is 1. The smallest absolute Gasteiger partial charge is 0.156 e. The minimum atomic E-state index is -0.000277. The van der Waals surface area contributed by atoms with Crippen LogP contribution >= 0.6 is 0 Å². The van der Waals surface area contributed by atoms with E-state index in [1.54, 1.807) is 0 Å². The molecule has 0 radical (unpaired) electrons. The molecule has 222 valence electrons. The Labute approximate surface area is 268 Å². The molecule has 1 aliphatic heterocycles. The topological polar surface area (TPSA) is 63.9 Å². The number of fused-ring (bicyclic) bond motifs is 3. The van der Waals surface area contributed by atoms with Gasteiger partial charge < -0.3 is 0 Å². The van der Waals surface area contributed by atoms with Crippen LogP contribution in [0.4, 0.5) is 0 Å². The molecule has 8 rings (SSSR count). The number of rotatable bonds is 5. The van der Waals surface area contributed by atoms with Crippen LogP contribution in [0.15, 0.2) is 120 Å². The highest BCUT2D eigenvalue weighted by Gasteiger charge is 2.18. The summed E-state index contributed by atoms with van der Waals surface area (Å²) in [6.07, 6.45) is 15.2. The predicted octanol–water partition coefficient (Wildman–Crippen LogP) is 10.00. The molecule has 3 aromatic heterocycles. The third-order valence-corrected chi connectivity index (χ3v) is 8.86. The van der Waals surface area contributed by atoms with Crippen molar-refractivity contribution in [1.29, 1.82) is 0 Å². The van der Waals surface area contributed by atoms with Crippen molar-refractivity contribution < 1.29 is 0 Å². The fraction of sp³-hybridized carbons (Fsp3) is 0.146. The number of allylic oxidation sites excluding steroid dienone is 5. The lowest BCUT2D eigenvalue weighted by molar-refractivity contribution is 0.707. The molecular weight excluding hydrogens is 562 g/mol. The van der Waals surface area contributed by atoms with Crippen LogP contribution in [0.2, 0.25) is 0 Å². The van der Waals surface area contributed by atoms with Gasteiger partial charge in [-0.2, -0.15) is 0 Å². The average molecular weight is 596 g/mol. The van der Waals surface area contributed by atoms with Gasteiger partial charge in [0, 0.05) is 33.8 Å². The Morgan fingerprint density at radius 1 is 0.652 bits per heavy atom. The summed E-state index contributed by atoms with van der Waals surface area (Å²) in [5.41, 5.74) is 12.5. The maximum absolute atomic E-state index is 5.16. The van der Waals surface area contributed by atoms with E-state index in [4.69, 9.17) is 24.9 Å². The van der Waals surface area contributed by atoms with E-state index in [0.29, 0.717) is 0 Å². The van der Waals surface area contributed by atoms with Crippen molar-refractivity contribution in [2.75, 3.05) is 0 Å². The number of aryl methyl sites for hydroxylation is 2. The number of hydrogen-bond donors (Lipinski definition) is 0. The van der Waals surface area contributed by atoms with E-state index in [1.807, 2.05) is 19.2 Å². The third-order valence-electron chi connectivity index (χ3n) is 8.86. The van der Waals surface area contributed by atoms with Crippen LogP contribution in [0, 0.1) is 13.8 Å². The van der Waals surface area contributed by atoms with Gasteiger partial charge in [0.15, 0.2) is 5.82 Å². The summed E-state index contributed by atoms with van der Waals surface area (Å²) >= 11 is 0. The molecule has 0 N–H and O–H groups in total. The van der Waals surface area contributed by atoms with Gasteiger partial charge in [0.2, 0.25) is 0 Å². The van der Waals surface area contributed by atoms with E-state index >= 15 is 0 Å². The van der Waals surface area contributed by atoms with Gasteiger partial charge in [-0.25, -0.2) is 15.0 Å². The molecule has 1 aliphatic carbocycles. The first-order valence-corrected chi connectivity index (χ1v) is 15.9. The van der Waals surface area contributed by atoms with Gasteiger partial charge in [0.1, 0.15) is 0 Å². The van der Waals surface area contributed by atoms with Crippen LogP contribution in [-0.4, -0.2) is 26.2 Å². The van der Waals surface area contributed by atoms with Gasteiger partial charge in [0.05, 0.1) is 34.2 Å². The Morgan fingerprint density at radius 3 is 2.20 bits per heavy atom. The molecule has 5 heteroatoms. The zero-order valence-corrected chi connectivity index (χ0v) is 26.0. The molecule has 0 saturated carbocycles. The molecule has 0 fully saturated rings. The van der Waals surface area contributed by atoms with Crippen molar-refractivity contribution in [2.24, 2.45) is 4.99 Å². The minimum absolute atomic E-state index is 0.000277. The molecule has 0 saturated heterocycles. The van der Waals surface area contributed by atoms with E-state index in [1.165, 1.54) is 11.1 Å². The molecule has 2 aliphatic rings. The van der Waals surface area contributed by atoms with Gasteiger partial charge in [-0.1, -0.05) is 78.9 Å². The average Bonchev–Trinajstić information content (AvgIpc) is 3.12. The number of aliphatic imine (C=N–C) groups is 1. The van der Waals surface area contributed by atoms with Crippen molar-refractivity contribution in [3.05, 3.63) is 138 Å². The lowest BCUT2D eigenvalue weighted by atomic mass is 9.97. The van der Waals surface area contributed by atoms with E-state index in [-0.39, 0.29) is 6.04 Å². The summed E-state index contributed by atoms with van der Waals surface area (Å²) in [4.78, 5) is 24.9. The number of benzene rings is 3. The van der Waals surface area contributed by atoms with Crippen molar-refractivity contribution in [3.8, 4) is 33.6 Å². The Morgan fingerprint density at radius 2 is 1.43 bits per heavy atom. The third kappa shape index (κ3) is 5.34. The normalized spacial score (nSPS) is 15.9. The zero-order chi connectivity index (χ0) is 31.0. The predicted molar refractivity (Wildman–Crippen MR) is 190 cm³/mol. The van der Waals surface area contributed by atoms with Crippen LogP contribution in [-0.2, 0) is 0 Å². The second-order valence-corrected chi connectivity index (χ2v) is 12.1. The van der Waals surface area contributed by atoms with Crippen molar-refractivity contribution in [1.82, 2.24) is 19.9 Å². The van der Waals surface area contributed by atoms with E-state index in [2.05, 4.69) is 116 Å². The molecule has 0 amide bonds. The fourth-order valence-electron chi connectivity index (χ4n) is 6.48. The van der Waals surface area contributed by atoms with Gasteiger partial charge in [-0.3, -0.25) is 9.98 Å². The van der Waals surface area contributed by atoms with Gasteiger partial charge in [0.25, 0.3) is 0 Å². The lowest BCUT2D eigenvalue weighted by Crippen LogP contribution is -2.07. The van der Waals surface area contributed by atoms with Crippen LogP contribution in [0.1, 0.15) is 48.1 Å². The summed E-state index contributed by atoms with van der Waals surface area (Å²) in [5.74, 6) is 0.795. The first-order valence-electron chi connectivity index (χ1n) is 15.9.